The van der Waals surface area contributed by atoms with Gasteiger partial charge in [0.1, 0.15) is 5.82 Å². The maximum absolute atomic E-state index is 13.1. The fraction of sp³-hybridized carbons (Fsp3) is 0.438. The summed E-state index contributed by atoms with van der Waals surface area (Å²) in [6, 6.07) is 3.83. The predicted molar refractivity (Wildman–Crippen MR) is 92.9 cm³/mol. The second kappa shape index (κ2) is 7.39. The van der Waals surface area contributed by atoms with E-state index in [2.05, 4.69) is 20.3 Å². The lowest BCUT2D eigenvalue weighted by molar-refractivity contribution is -0.137. The van der Waals surface area contributed by atoms with Crippen molar-refractivity contribution in [3.05, 3.63) is 41.9 Å². The highest BCUT2D eigenvalue weighted by atomic mass is 32.2. The van der Waals surface area contributed by atoms with Gasteiger partial charge in [0.15, 0.2) is 0 Å². The van der Waals surface area contributed by atoms with E-state index in [1.54, 1.807) is 6.07 Å². The molecule has 146 valence electrons. The van der Waals surface area contributed by atoms with E-state index in [4.69, 9.17) is 0 Å². The average molecular weight is 401 g/mol. The third-order valence-electron chi connectivity index (χ3n) is 4.36. The topological polar surface area (TPSA) is 88.1 Å². The molecular weight excluding hydrogens is 383 g/mol. The summed E-state index contributed by atoms with van der Waals surface area (Å²) in [5.41, 5.74) is -0.245. The molecule has 0 bridgehead atoms. The molecule has 7 nitrogen and oxygen atoms in total. The molecule has 2 aromatic rings. The second-order valence-electron chi connectivity index (χ2n) is 6.26. The van der Waals surface area contributed by atoms with Crippen molar-refractivity contribution < 1.29 is 21.6 Å². The van der Waals surface area contributed by atoms with E-state index in [9.17, 15) is 21.6 Å². The first-order chi connectivity index (χ1) is 12.6. The number of nitrogens with one attached hydrogen (secondary N) is 1. The van der Waals surface area contributed by atoms with Crippen molar-refractivity contribution in [2.45, 2.75) is 24.9 Å². The largest absolute Gasteiger partial charge is 0.419 e. The molecule has 0 atom stereocenters. The van der Waals surface area contributed by atoms with Gasteiger partial charge >= 0.3 is 6.18 Å². The highest BCUT2D eigenvalue weighted by Gasteiger charge is 2.34. The third-order valence-corrected chi connectivity index (χ3v) is 5.66. The van der Waals surface area contributed by atoms with Crippen LogP contribution in [0.15, 0.2) is 30.6 Å². The number of rotatable bonds is 4. The summed E-state index contributed by atoms with van der Waals surface area (Å²) in [5.74, 6) is -0.339. The van der Waals surface area contributed by atoms with Crippen LogP contribution in [-0.2, 0) is 16.2 Å². The smallest absolute Gasteiger partial charge is 0.308 e. The molecule has 1 saturated heterocycles. The van der Waals surface area contributed by atoms with Gasteiger partial charge in [0, 0.05) is 37.1 Å². The van der Waals surface area contributed by atoms with Crippen LogP contribution in [0.5, 0.6) is 0 Å². The van der Waals surface area contributed by atoms with Crippen LogP contribution in [0.4, 0.5) is 24.9 Å². The first kappa shape index (κ1) is 19.5. The lowest BCUT2D eigenvalue weighted by Crippen LogP contribution is -2.37. The fourth-order valence-electron chi connectivity index (χ4n) is 2.98. The number of hydrogen-bond acceptors (Lipinski definition) is 6. The number of hydrogen-bond donors (Lipinski definition) is 1. The Labute approximate surface area is 154 Å². The molecule has 1 fully saturated rings. The number of piperidine rings is 1. The molecule has 0 saturated carbocycles. The van der Waals surface area contributed by atoms with E-state index >= 15 is 0 Å². The van der Waals surface area contributed by atoms with Gasteiger partial charge in [-0.3, -0.25) is 0 Å². The summed E-state index contributed by atoms with van der Waals surface area (Å²) in [6.45, 7) is 0.767. The number of aromatic nitrogens is 3. The van der Waals surface area contributed by atoms with Crippen molar-refractivity contribution in [3.8, 4) is 0 Å². The number of nitrogens with zero attached hydrogens (tertiary/aromatic N) is 4. The Balaban J connectivity index is 1.76. The summed E-state index contributed by atoms with van der Waals surface area (Å²) in [7, 11) is -3.23. The molecule has 27 heavy (non-hydrogen) atoms. The Morgan fingerprint density at radius 2 is 1.85 bits per heavy atom. The maximum atomic E-state index is 13.1. The van der Waals surface area contributed by atoms with E-state index in [-0.39, 0.29) is 17.7 Å². The first-order valence-electron chi connectivity index (χ1n) is 8.22. The maximum Gasteiger partial charge on any atom is 0.419 e. The Morgan fingerprint density at radius 1 is 1.15 bits per heavy atom. The lowest BCUT2D eigenvalue weighted by atomic mass is 9.94. The van der Waals surface area contributed by atoms with Crippen molar-refractivity contribution in [2.75, 3.05) is 24.7 Å². The van der Waals surface area contributed by atoms with E-state index in [0.717, 1.165) is 6.07 Å². The van der Waals surface area contributed by atoms with Crippen molar-refractivity contribution in [1.82, 2.24) is 19.3 Å². The lowest BCUT2D eigenvalue weighted by Gasteiger charge is -2.29. The van der Waals surface area contributed by atoms with Crippen LogP contribution in [0.25, 0.3) is 0 Å². The molecule has 1 N–H and O–H groups in total. The minimum atomic E-state index is -4.55. The van der Waals surface area contributed by atoms with Crippen LogP contribution in [0.2, 0.25) is 0 Å². The van der Waals surface area contributed by atoms with Crippen LogP contribution in [0, 0.1) is 0 Å². The molecule has 0 radical (unpaired) electrons. The SMILES string of the molecule is CS(=O)(=O)N1CCC(c2ccnc(Nc3ncccc3C(F)(F)F)n2)CC1. The minimum Gasteiger partial charge on any atom is -0.308 e. The number of anilines is 2. The zero-order chi connectivity index (χ0) is 19.7. The molecule has 3 rings (SSSR count). The normalized spacial score (nSPS) is 17.0. The van der Waals surface area contributed by atoms with Crippen molar-refractivity contribution in [2.24, 2.45) is 0 Å². The Bertz CT molecular complexity index is 912. The van der Waals surface area contributed by atoms with Crippen molar-refractivity contribution >= 4 is 21.8 Å². The van der Waals surface area contributed by atoms with E-state index in [1.807, 2.05) is 0 Å². The molecule has 0 spiro atoms. The van der Waals surface area contributed by atoms with Crippen LogP contribution < -0.4 is 5.32 Å². The van der Waals surface area contributed by atoms with Gasteiger partial charge in [0.05, 0.1) is 11.8 Å². The van der Waals surface area contributed by atoms with E-state index < -0.39 is 21.8 Å². The van der Waals surface area contributed by atoms with Gasteiger partial charge in [-0.25, -0.2) is 27.7 Å². The van der Waals surface area contributed by atoms with Crippen LogP contribution in [0.3, 0.4) is 0 Å². The highest BCUT2D eigenvalue weighted by molar-refractivity contribution is 7.88. The van der Waals surface area contributed by atoms with Gasteiger partial charge in [0.25, 0.3) is 0 Å². The summed E-state index contributed by atoms with van der Waals surface area (Å²) in [5, 5.41) is 2.53. The quantitative estimate of drug-likeness (QED) is 0.848. The van der Waals surface area contributed by atoms with Gasteiger partial charge in [-0.1, -0.05) is 0 Å². The van der Waals surface area contributed by atoms with Gasteiger partial charge in [-0.2, -0.15) is 13.2 Å². The molecule has 0 aromatic carbocycles. The molecular formula is C16H18F3N5O2S. The van der Waals surface area contributed by atoms with Crippen LogP contribution in [-0.4, -0.2) is 47.0 Å². The number of halogens is 3. The molecule has 0 aliphatic carbocycles. The molecule has 3 heterocycles. The summed E-state index contributed by atoms with van der Waals surface area (Å²) in [6.07, 6.45) is 0.506. The Hall–Kier alpha value is -2.27. The molecule has 1 aliphatic heterocycles. The zero-order valence-corrected chi connectivity index (χ0v) is 15.3. The van der Waals surface area contributed by atoms with Crippen molar-refractivity contribution in [1.29, 1.82) is 0 Å². The zero-order valence-electron chi connectivity index (χ0n) is 14.4. The molecule has 0 unspecified atom stereocenters. The predicted octanol–water partition coefficient (Wildman–Crippen LogP) is 2.77. The van der Waals surface area contributed by atoms with E-state index in [1.165, 1.54) is 29.0 Å². The second-order valence-corrected chi connectivity index (χ2v) is 8.25. The number of pyridine rings is 1. The van der Waals surface area contributed by atoms with E-state index in [0.29, 0.717) is 31.6 Å². The Morgan fingerprint density at radius 3 is 2.48 bits per heavy atom. The minimum absolute atomic E-state index is 0.0115. The van der Waals surface area contributed by atoms with Gasteiger partial charge in [-0.05, 0) is 31.0 Å². The third kappa shape index (κ3) is 4.72. The first-order valence-corrected chi connectivity index (χ1v) is 10.1. The van der Waals surface area contributed by atoms with Crippen molar-refractivity contribution in [3.63, 3.8) is 0 Å². The standard InChI is InChI=1S/C16H18F3N5O2S/c1-27(25,26)24-9-5-11(6-10-24)13-4-8-21-15(22-13)23-14-12(16(17,18)19)3-2-7-20-14/h2-4,7-8,11H,5-6,9-10H2,1H3,(H,20,21,22,23). The Kier molecular flexibility index (Phi) is 5.33. The van der Waals surface area contributed by atoms with Crippen LogP contribution >= 0.6 is 0 Å². The average Bonchev–Trinajstić information content (AvgIpc) is 2.61. The number of sulfonamides is 1. The molecule has 0 amide bonds. The monoisotopic (exact) mass is 401 g/mol. The summed E-state index contributed by atoms with van der Waals surface area (Å²) < 4.78 is 63.8. The number of alkyl halides is 3. The molecule has 2 aromatic heterocycles. The van der Waals surface area contributed by atoms with Gasteiger partial charge in [0.2, 0.25) is 16.0 Å². The fourth-order valence-corrected chi connectivity index (χ4v) is 3.86. The van der Waals surface area contributed by atoms with Gasteiger partial charge in [-0.15, -0.1) is 0 Å². The summed E-state index contributed by atoms with van der Waals surface area (Å²) in [4.78, 5) is 12.0. The van der Waals surface area contributed by atoms with Crippen LogP contribution in [0.1, 0.15) is 30.0 Å². The molecule has 11 heteroatoms. The summed E-state index contributed by atoms with van der Waals surface area (Å²) >= 11 is 0. The highest BCUT2D eigenvalue weighted by Crippen LogP contribution is 2.34. The van der Waals surface area contributed by atoms with Gasteiger partial charge < -0.3 is 5.32 Å². The molecule has 1 aliphatic rings.